The van der Waals surface area contributed by atoms with Crippen molar-refractivity contribution in [2.24, 2.45) is 12.2 Å². The topological polar surface area (TPSA) is 129 Å². The van der Waals surface area contributed by atoms with Crippen LogP contribution in [0.5, 0.6) is 5.75 Å². The van der Waals surface area contributed by atoms with Gasteiger partial charge in [-0.1, -0.05) is 23.9 Å². The second kappa shape index (κ2) is 9.28. The molecule has 3 aromatic rings. The molecule has 1 heterocycles. The molecule has 0 unspecified atom stereocenters. The number of hydrogen-bond donors (Lipinski definition) is 2. The number of nitrogens with two attached hydrogens (primary N) is 1. The number of sulfonamides is 1. The minimum Gasteiger partial charge on any atom is -0.497 e. The largest absolute Gasteiger partial charge is 0.497 e. The minimum atomic E-state index is -3.76. The highest BCUT2D eigenvalue weighted by Gasteiger charge is 2.13. The van der Waals surface area contributed by atoms with Crippen molar-refractivity contribution in [2.75, 3.05) is 18.2 Å². The molecule has 11 heteroatoms. The molecule has 0 aliphatic rings. The lowest BCUT2D eigenvalue weighted by molar-refractivity contribution is -0.113. The fourth-order valence-electron chi connectivity index (χ4n) is 2.61. The standard InChI is InChI=1S/C19H21N5O4S2/c1-24-17(11-13-3-7-15(28-2)8-4-13)22-23-19(24)29-12-18(25)21-14-5-9-16(10-6-14)30(20,26)27/h3-10H,11-12H2,1-2H3,(H,21,25)(H2,20,26,27). The Kier molecular flexibility index (Phi) is 6.75. The SMILES string of the molecule is COc1ccc(Cc2nnc(SCC(=O)Nc3ccc(S(N)(=O)=O)cc3)n2C)cc1. The van der Waals surface area contributed by atoms with Crippen molar-refractivity contribution >= 4 is 33.4 Å². The number of anilines is 1. The van der Waals surface area contributed by atoms with Gasteiger partial charge in [-0.25, -0.2) is 13.6 Å². The van der Waals surface area contributed by atoms with E-state index in [1.807, 2.05) is 35.9 Å². The average Bonchev–Trinajstić information content (AvgIpc) is 3.06. The van der Waals surface area contributed by atoms with Crippen LogP contribution >= 0.6 is 11.8 Å². The van der Waals surface area contributed by atoms with Crippen LogP contribution in [0, 0.1) is 0 Å². The molecule has 1 amide bonds. The van der Waals surface area contributed by atoms with Gasteiger partial charge in [-0.3, -0.25) is 4.79 Å². The van der Waals surface area contributed by atoms with Gasteiger partial charge in [0.1, 0.15) is 11.6 Å². The summed E-state index contributed by atoms with van der Waals surface area (Å²) >= 11 is 1.26. The molecule has 0 aliphatic carbocycles. The Hall–Kier alpha value is -2.89. The number of carbonyl (C=O) groups is 1. The summed E-state index contributed by atoms with van der Waals surface area (Å²) < 4.78 is 29.5. The maximum absolute atomic E-state index is 12.2. The summed E-state index contributed by atoms with van der Waals surface area (Å²) in [6.07, 6.45) is 0.608. The van der Waals surface area contributed by atoms with E-state index in [4.69, 9.17) is 9.88 Å². The lowest BCUT2D eigenvalue weighted by atomic mass is 10.1. The number of amides is 1. The van der Waals surface area contributed by atoms with Crippen molar-refractivity contribution in [3.63, 3.8) is 0 Å². The quantitative estimate of drug-likeness (QED) is 0.504. The normalized spacial score (nSPS) is 11.3. The van der Waals surface area contributed by atoms with Gasteiger partial charge in [0, 0.05) is 19.2 Å². The first-order chi connectivity index (χ1) is 14.3. The van der Waals surface area contributed by atoms with Crippen LogP contribution < -0.4 is 15.2 Å². The first kappa shape index (κ1) is 21.8. The monoisotopic (exact) mass is 447 g/mol. The van der Waals surface area contributed by atoms with Gasteiger partial charge in [-0.15, -0.1) is 10.2 Å². The van der Waals surface area contributed by atoms with E-state index in [0.717, 1.165) is 17.1 Å². The molecule has 0 saturated heterocycles. The summed E-state index contributed by atoms with van der Waals surface area (Å²) in [6, 6.07) is 13.4. The van der Waals surface area contributed by atoms with Crippen LogP contribution in [0.15, 0.2) is 58.6 Å². The highest BCUT2D eigenvalue weighted by molar-refractivity contribution is 7.99. The van der Waals surface area contributed by atoms with Gasteiger partial charge in [0.05, 0.1) is 17.8 Å². The van der Waals surface area contributed by atoms with Crippen LogP contribution in [0.3, 0.4) is 0 Å². The Morgan fingerprint density at radius 3 is 2.40 bits per heavy atom. The number of nitrogens with zero attached hydrogens (tertiary/aromatic N) is 3. The highest BCUT2D eigenvalue weighted by Crippen LogP contribution is 2.19. The van der Waals surface area contributed by atoms with E-state index in [-0.39, 0.29) is 16.6 Å². The van der Waals surface area contributed by atoms with E-state index in [0.29, 0.717) is 17.3 Å². The molecule has 3 N–H and O–H groups in total. The van der Waals surface area contributed by atoms with Gasteiger partial charge in [0.25, 0.3) is 0 Å². The third kappa shape index (κ3) is 5.59. The minimum absolute atomic E-state index is 0.0154. The zero-order valence-electron chi connectivity index (χ0n) is 16.4. The second-order valence-electron chi connectivity index (χ2n) is 6.39. The van der Waals surface area contributed by atoms with E-state index in [9.17, 15) is 13.2 Å². The smallest absolute Gasteiger partial charge is 0.238 e. The Morgan fingerprint density at radius 2 is 1.80 bits per heavy atom. The van der Waals surface area contributed by atoms with Crippen LogP contribution in [-0.4, -0.2) is 42.0 Å². The van der Waals surface area contributed by atoms with Crippen molar-refractivity contribution in [1.82, 2.24) is 14.8 Å². The summed E-state index contributed by atoms with van der Waals surface area (Å²) in [5.74, 6) is 1.45. The number of aromatic nitrogens is 3. The Labute approximate surface area is 178 Å². The fourth-order valence-corrected chi connectivity index (χ4v) is 3.85. The Bertz CT molecular complexity index is 1130. The first-order valence-corrected chi connectivity index (χ1v) is 11.4. The van der Waals surface area contributed by atoms with Crippen LogP contribution in [0.25, 0.3) is 0 Å². The maximum atomic E-state index is 12.2. The lowest BCUT2D eigenvalue weighted by Crippen LogP contribution is -2.15. The number of ether oxygens (including phenoxy) is 1. The third-order valence-electron chi connectivity index (χ3n) is 4.25. The number of benzene rings is 2. The summed E-state index contributed by atoms with van der Waals surface area (Å²) in [5, 5.41) is 16.7. The van der Waals surface area contributed by atoms with E-state index in [2.05, 4.69) is 15.5 Å². The third-order valence-corrected chi connectivity index (χ3v) is 6.19. The number of primary sulfonamides is 1. The summed E-state index contributed by atoms with van der Waals surface area (Å²) in [4.78, 5) is 12.2. The van der Waals surface area contributed by atoms with E-state index in [1.165, 1.54) is 36.0 Å². The molecular weight excluding hydrogens is 426 g/mol. The van der Waals surface area contributed by atoms with Crippen molar-refractivity contribution in [3.05, 3.63) is 59.9 Å². The number of carbonyl (C=O) groups excluding carboxylic acids is 1. The summed E-state index contributed by atoms with van der Waals surface area (Å²) in [6.45, 7) is 0. The molecule has 9 nitrogen and oxygen atoms in total. The summed E-state index contributed by atoms with van der Waals surface area (Å²) in [5.41, 5.74) is 1.55. The molecule has 158 valence electrons. The summed E-state index contributed by atoms with van der Waals surface area (Å²) in [7, 11) is -0.290. The van der Waals surface area contributed by atoms with Crippen molar-refractivity contribution in [3.8, 4) is 5.75 Å². The van der Waals surface area contributed by atoms with E-state index in [1.54, 1.807) is 7.11 Å². The van der Waals surface area contributed by atoms with Gasteiger partial charge < -0.3 is 14.6 Å². The van der Waals surface area contributed by atoms with Crippen LogP contribution in [0.2, 0.25) is 0 Å². The van der Waals surface area contributed by atoms with Gasteiger partial charge in [0.15, 0.2) is 5.16 Å². The lowest BCUT2D eigenvalue weighted by Gasteiger charge is -2.07. The van der Waals surface area contributed by atoms with Crippen molar-refractivity contribution in [1.29, 1.82) is 0 Å². The molecule has 2 aromatic carbocycles. The number of nitrogens with one attached hydrogen (secondary N) is 1. The fraction of sp³-hybridized carbons (Fsp3) is 0.211. The molecule has 0 saturated carbocycles. The predicted molar refractivity (Wildman–Crippen MR) is 114 cm³/mol. The average molecular weight is 448 g/mol. The number of hydrogen-bond acceptors (Lipinski definition) is 7. The molecular formula is C19H21N5O4S2. The zero-order valence-corrected chi connectivity index (χ0v) is 18.0. The molecule has 0 spiro atoms. The molecule has 1 aromatic heterocycles. The number of methoxy groups -OCH3 is 1. The number of rotatable bonds is 8. The molecule has 0 fully saturated rings. The zero-order chi connectivity index (χ0) is 21.7. The molecule has 0 aliphatic heterocycles. The highest BCUT2D eigenvalue weighted by atomic mass is 32.2. The van der Waals surface area contributed by atoms with Gasteiger partial charge in [-0.2, -0.15) is 0 Å². The predicted octanol–water partition coefficient (Wildman–Crippen LogP) is 1.79. The van der Waals surface area contributed by atoms with Crippen molar-refractivity contribution in [2.45, 2.75) is 16.5 Å². The van der Waals surface area contributed by atoms with Crippen LogP contribution in [-0.2, 0) is 28.3 Å². The maximum Gasteiger partial charge on any atom is 0.238 e. The van der Waals surface area contributed by atoms with Gasteiger partial charge in [-0.05, 0) is 42.0 Å². The van der Waals surface area contributed by atoms with Gasteiger partial charge >= 0.3 is 0 Å². The molecule has 3 rings (SSSR count). The van der Waals surface area contributed by atoms with Crippen LogP contribution in [0.4, 0.5) is 5.69 Å². The first-order valence-electron chi connectivity index (χ1n) is 8.83. The molecule has 30 heavy (non-hydrogen) atoms. The number of thioether (sulfide) groups is 1. The molecule has 0 radical (unpaired) electrons. The molecule has 0 atom stereocenters. The Morgan fingerprint density at radius 1 is 1.13 bits per heavy atom. The Balaban J connectivity index is 1.56. The van der Waals surface area contributed by atoms with Crippen LogP contribution in [0.1, 0.15) is 11.4 Å². The van der Waals surface area contributed by atoms with Gasteiger partial charge in [0.2, 0.25) is 15.9 Å². The van der Waals surface area contributed by atoms with E-state index < -0.39 is 10.0 Å². The second-order valence-corrected chi connectivity index (χ2v) is 8.89. The van der Waals surface area contributed by atoms with Crippen molar-refractivity contribution < 1.29 is 17.9 Å². The molecule has 0 bridgehead atoms. The van der Waals surface area contributed by atoms with E-state index >= 15 is 0 Å².